The van der Waals surface area contributed by atoms with Gasteiger partial charge in [-0.25, -0.2) is 4.79 Å². The van der Waals surface area contributed by atoms with Crippen molar-refractivity contribution in [3.63, 3.8) is 0 Å². The van der Waals surface area contributed by atoms with Crippen molar-refractivity contribution >= 4 is 6.03 Å². The molecule has 0 aliphatic carbocycles. The van der Waals surface area contributed by atoms with Crippen LogP contribution in [0.25, 0.3) is 0 Å². The standard InChI is InChI=1S/C17H28N2O2/c1-6-7-12-19(4)16(20)18-13-17(2,3)14-8-10-15(21-5)11-9-14/h8-11H,6-7,12-13H2,1-5H3,(H,18,20). The Morgan fingerprint density at radius 3 is 2.43 bits per heavy atom. The number of hydrogen-bond donors (Lipinski definition) is 1. The fourth-order valence-electron chi connectivity index (χ4n) is 2.07. The van der Waals surface area contributed by atoms with E-state index in [1.54, 1.807) is 12.0 Å². The molecule has 0 atom stereocenters. The van der Waals surface area contributed by atoms with Crippen LogP contribution in [0.1, 0.15) is 39.2 Å². The largest absolute Gasteiger partial charge is 0.497 e. The quantitative estimate of drug-likeness (QED) is 0.836. The van der Waals surface area contributed by atoms with Crippen LogP contribution in [-0.2, 0) is 5.41 Å². The van der Waals surface area contributed by atoms with E-state index in [9.17, 15) is 4.79 Å². The van der Waals surface area contributed by atoms with E-state index in [4.69, 9.17) is 4.74 Å². The van der Waals surface area contributed by atoms with Crippen LogP contribution in [0.5, 0.6) is 5.75 Å². The molecule has 2 amide bonds. The number of nitrogens with one attached hydrogen (secondary N) is 1. The lowest BCUT2D eigenvalue weighted by Gasteiger charge is -2.27. The van der Waals surface area contributed by atoms with Crippen molar-refractivity contribution in [2.45, 2.75) is 39.0 Å². The molecule has 0 radical (unpaired) electrons. The second-order valence-corrected chi connectivity index (χ2v) is 6.05. The summed E-state index contributed by atoms with van der Waals surface area (Å²) in [4.78, 5) is 13.8. The minimum absolute atomic E-state index is 0.00923. The predicted octanol–water partition coefficient (Wildman–Crippen LogP) is 3.41. The Morgan fingerprint density at radius 1 is 1.29 bits per heavy atom. The number of carbonyl (C=O) groups excluding carboxylic acids is 1. The van der Waals surface area contributed by atoms with Gasteiger partial charge in [0, 0.05) is 25.6 Å². The summed E-state index contributed by atoms with van der Waals surface area (Å²) in [5.74, 6) is 0.845. The van der Waals surface area contributed by atoms with E-state index in [0.29, 0.717) is 6.54 Å². The van der Waals surface area contributed by atoms with E-state index in [1.165, 1.54) is 5.56 Å². The molecule has 1 aromatic rings. The molecule has 0 unspecified atom stereocenters. The summed E-state index contributed by atoms with van der Waals surface area (Å²) >= 11 is 0. The van der Waals surface area contributed by atoms with Crippen LogP contribution in [0, 0.1) is 0 Å². The average molecular weight is 292 g/mol. The molecule has 0 aliphatic heterocycles. The SMILES string of the molecule is CCCCN(C)C(=O)NCC(C)(C)c1ccc(OC)cc1. The molecule has 1 rings (SSSR count). The highest BCUT2D eigenvalue weighted by Crippen LogP contribution is 2.24. The van der Waals surface area contributed by atoms with E-state index in [1.807, 2.05) is 31.3 Å². The predicted molar refractivity (Wildman–Crippen MR) is 87.0 cm³/mol. The van der Waals surface area contributed by atoms with Crippen molar-refractivity contribution in [2.75, 3.05) is 27.2 Å². The molecule has 0 heterocycles. The second kappa shape index (κ2) is 7.91. The molecule has 0 aromatic heterocycles. The number of unbranched alkanes of at least 4 members (excludes halogenated alkanes) is 1. The molecule has 1 aromatic carbocycles. The van der Waals surface area contributed by atoms with Crippen LogP contribution in [0.4, 0.5) is 4.79 Å². The number of benzene rings is 1. The molecular weight excluding hydrogens is 264 g/mol. The van der Waals surface area contributed by atoms with E-state index < -0.39 is 0 Å². The first-order chi connectivity index (χ1) is 9.90. The number of urea groups is 1. The van der Waals surface area contributed by atoms with E-state index in [-0.39, 0.29) is 11.4 Å². The number of hydrogen-bond acceptors (Lipinski definition) is 2. The van der Waals surface area contributed by atoms with Gasteiger partial charge in [0.25, 0.3) is 0 Å². The highest BCUT2D eigenvalue weighted by atomic mass is 16.5. The molecule has 0 fully saturated rings. The molecule has 0 saturated carbocycles. The normalized spacial score (nSPS) is 11.1. The van der Waals surface area contributed by atoms with Crippen molar-refractivity contribution in [1.29, 1.82) is 0 Å². The van der Waals surface area contributed by atoms with Crippen molar-refractivity contribution in [1.82, 2.24) is 10.2 Å². The van der Waals surface area contributed by atoms with E-state index >= 15 is 0 Å². The lowest BCUT2D eigenvalue weighted by Crippen LogP contribution is -2.43. The van der Waals surface area contributed by atoms with Gasteiger partial charge in [0.2, 0.25) is 0 Å². The summed E-state index contributed by atoms with van der Waals surface area (Å²) in [7, 11) is 3.50. The van der Waals surface area contributed by atoms with E-state index in [0.717, 1.165) is 25.1 Å². The molecule has 4 nitrogen and oxygen atoms in total. The summed E-state index contributed by atoms with van der Waals surface area (Å²) in [6.45, 7) is 7.78. The summed E-state index contributed by atoms with van der Waals surface area (Å²) < 4.78 is 5.17. The molecule has 118 valence electrons. The van der Waals surface area contributed by atoms with Gasteiger partial charge in [-0.15, -0.1) is 0 Å². The molecule has 1 N–H and O–H groups in total. The molecule has 4 heteroatoms. The number of nitrogens with zero attached hydrogens (tertiary/aromatic N) is 1. The minimum Gasteiger partial charge on any atom is -0.497 e. The minimum atomic E-state index is -0.118. The van der Waals surface area contributed by atoms with Gasteiger partial charge < -0.3 is 15.0 Å². The van der Waals surface area contributed by atoms with Gasteiger partial charge in [0.1, 0.15) is 5.75 Å². The van der Waals surface area contributed by atoms with Gasteiger partial charge in [-0.3, -0.25) is 0 Å². The van der Waals surface area contributed by atoms with Crippen molar-refractivity contribution in [3.05, 3.63) is 29.8 Å². The first kappa shape index (κ1) is 17.3. The Morgan fingerprint density at radius 2 is 1.90 bits per heavy atom. The van der Waals surface area contributed by atoms with Gasteiger partial charge >= 0.3 is 6.03 Å². The number of rotatable bonds is 7. The monoisotopic (exact) mass is 292 g/mol. The maximum atomic E-state index is 12.0. The van der Waals surface area contributed by atoms with Crippen LogP contribution in [0.15, 0.2) is 24.3 Å². The Balaban J connectivity index is 2.57. The summed E-state index contributed by atoms with van der Waals surface area (Å²) in [5, 5.41) is 3.01. The van der Waals surface area contributed by atoms with E-state index in [2.05, 4.69) is 26.1 Å². The number of carbonyl (C=O) groups is 1. The molecular formula is C17H28N2O2. The van der Waals surface area contributed by atoms with Crippen molar-refractivity contribution in [3.8, 4) is 5.75 Å². The van der Waals surface area contributed by atoms with Gasteiger partial charge in [-0.2, -0.15) is 0 Å². The Kier molecular flexibility index (Phi) is 6.53. The third-order valence-electron chi connectivity index (χ3n) is 3.75. The average Bonchev–Trinajstić information content (AvgIpc) is 2.50. The zero-order valence-corrected chi connectivity index (χ0v) is 13.9. The third kappa shape index (κ3) is 5.29. The number of amides is 2. The first-order valence-electron chi connectivity index (χ1n) is 7.54. The maximum absolute atomic E-state index is 12.0. The maximum Gasteiger partial charge on any atom is 0.317 e. The van der Waals surface area contributed by atoms with Crippen LogP contribution in [-0.4, -0.2) is 38.2 Å². The second-order valence-electron chi connectivity index (χ2n) is 6.05. The zero-order chi connectivity index (χ0) is 15.9. The fourth-order valence-corrected chi connectivity index (χ4v) is 2.07. The highest BCUT2D eigenvalue weighted by molar-refractivity contribution is 5.73. The summed E-state index contributed by atoms with van der Waals surface area (Å²) in [5.41, 5.74) is 1.06. The third-order valence-corrected chi connectivity index (χ3v) is 3.75. The van der Waals surface area contributed by atoms with Gasteiger partial charge in [-0.1, -0.05) is 39.3 Å². The number of methoxy groups -OCH3 is 1. The highest BCUT2D eigenvalue weighted by Gasteiger charge is 2.22. The molecule has 0 spiro atoms. The Labute approximate surface area is 128 Å². The van der Waals surface area contributed by atoms with Gasteiger partial charge in [0.05, 0.1) is 7.11 Å². The lowest BCUT2D eigenvalue weighted by molar-refractivity contribution is 0.205. The van der Waals surface area contributed by atoms with Crippen LogP contribution < -0.4 is 10.1 Å². The molecule has 21 heavy (non-hydrogen) atoms. The van der Waals surface area contributed by atoms with Crippen LogP contribution in [0.3, 0.4) is 0 Å². The first-order valence-corrected chi connectivity index (χ1v) is 7.54. The topological polar surface area (TPSA) is 41.6 Å². The molecule has 0 saturated heterocycles. The molecule has 0 bridgehead atoms. The Bertz CT molecular complexity index is 441. The van der Waals surface area contributed by atoms with Gasteiger partial charge in [-0.05, 0) is 24.1 Å². The van der Waals surface area contributed by atoms with Crippen molar-refractivity contribution in [2.24, 2.45) is 0 Å². The summed E-state index contributed by atoms with van der Waals surface area (Å²) in [6.07, 6.45) is 2.13. The number of ether oxygens (including phenoxy) is 1. The van der Waals surface area contributed by atoms with Crippen molar-refractivity contribution < 1.29 is 9.53 Å². The fraction of sp³-hybridized carbons (Fsp3) is 0.588. The molecule has 0 aliphatic rings. The zero-order valence-electron chi connectivity index (χ0n) is 13.9. The smallest absolute Gasteiger partial charge is 0.317 e. The van der Waals surface area contributed by atoms with Crippen LogP contribution >= 0.6 is 0 Å². The summed E-state index contributed by atoms with van der Waals surface area (Å²) in [6, 6.07) is 7.99. The Hall–Kier alpha value is -1.71. The lowest BCUT2D eigenvalue weighted by atomic mass is 9.84. The van der Waals surface area contributed by atoms with Crippen LogP contribution in [0.2, 0.25) is 0 Å². The van der Waals surface area contributed by atoms with Gasteiger partial charge in [0.15, 0.2) is 0 Å².